The minimum absolute atomic E-state index is 0.989. The normalized spacial score (nSPS) is 9.38. The van der Waals surface area contributed by atoms with E-state index in [0.717, 1.165) is 12.2 Å². The summed E-state index contributed by atoms with van der Waals surface area (Å²) in [6.07, 6.45) is 1.86. The Balaban J connectivity index is 0.000000671. The van der Waals surface area contributed by atoms with Gasteiger partial charge in [-0.25, -0.2) is 0 Å². The van der Waals surface area contributed by atoms with Crippen LogP contribution in [-0.4, -0.2) is 24.0 Å². The van der Waals surface area contributed by atoms with E-state index in [1.165, 1.54) is 5.56 Å². The van der Waals surface area contributed by atoms with Crippen molar-refractivity contribution in [2.75, 3.05) is 14.1 Å². The molecule has 74 valence electrons. The van der Waals surface area contributed by atoms with Crippen LogP contribution in [0.5, 0.6) is 0 Å². The quantitative estimate of drug-likeness (QED) is 0.695. The minimum Gasteiger partial charge on any atom is -0.305 e. The lowest BCUT2D eigenvalue weighted by atomic mass is 10.2. The highest BCUT2D eigenvalue weighted by atomic mass is 15.0. The van der Waals surface area contributed by atoms with Crippen molar-refractivity contribution in [3.05, 3.63) is 29.6 Å². The van der Waals surface area contributed by atoms with E-state index in [4.69, 9.17) is 0 Å². The first kappa shape index (κ1) is 12.1. The maximum Gasteiger partial charge on any atom is 0.0375 e. The molecule has 13 heavy (non-hydrogen) atoms. The van der Waals surface area contributed by atoms with E-state index in [1.54, 1.807) is 0 Å². The number of nitrogens with zero attached hydrogens (tertiary/aromatic N) is 2. The number of rotatable bonds is 2. The van der Waals surface area contributed by atoms with Crippen LogP contribution >= 0.6 is 0 Å². The fourth-order valence-electron chi connectivity index (χ4n) is 1.07. The molecule has 0 saturated heterocycles. The molecular formula is C11H20N2. The molecule has 0 aromatic carbocycles. The fourth-order valence-corrected chi connectivity index (χ4v) is 1.07. The van der Waals surface area contributed by atoms with E-state index in [9.17, 15) is 0 Å². The summed E-state index contributed by atoms with van der Waals surface area (Å²) in [5, 5.41) is 0. The summed E-state index contributed by atoms with van der Waals surface area (Å²) in [5.41, 5.74) is 2.41. The first-order valence-corrected chi connectivity index (χ1v) is 4.75. The van der Waals surface area contributed by atoms with Gasteiger partial charge >= 0.3 is 0 Å². The molecule has 0 fully saturated rings. The van der Waals surface area contributed by atoms with Gasteiger partial charge < -0.3 is 4.90 Å². The summed E-state index contributed by atoms with van der Waals surface area (Å²) in [5.74, 6) is 0. The Kier molecular flexibility index (Phi) is 6.15. The van der Waals surface area contributed by atoms with Crippen molar-refractivity contribution in [1.82, 2.24) is 9.88 Å². The Hall–Kier alpha value is -0.890. The molecule has 1 aromatic heterocycles. The number of pyridine rings is 1. The average molecular weight is 180 g/mol. The smallest absolute Gasteiger partial charge is 0.0375 e. The molecule has 0 saturated carbocycles. The van der Waals surface area contributed by atoms with Crippen LogP contribution in [0.4, 0.5) is 0 Å². The highest BCUT2D eigenvalue weighted by Gasteiger charge is 1.94. The second-order valence-electron chi connectivity index (χ2n) is 3.04. The van der Waals surface area contributed by atoms with Crippen molar-refractivity contribution >= 4 is 0 Å². The Morgan fingerprint density at radius 3 is 2.38 bits per heavy atom. The van der Waals surface area contributed by atoms with Crippen LogP contribution in [0.1, 0.15) is 25.1 Å². The molecular weight excluding hydrogens is 160 g/mol. The molecule has 0 spiro atoms. The van der Waals surface area contributed by atoms with E-state index < -0.39 is 0 Å². The molecule has 1 aromatic rings. The van der Waals surface area contributed by atoms with Crippen LogP contribution in [0.25, 0.3) is 0 Å². The van der Waals surface area contributed by atoms with E-state index in [2.05, 4.69) is 30.0 Å². The highest BCUT2D eigenvalue weighted by Crippen LogP contribution is 2.02. The van der Waals surface area contributed by atoms with Gasteiger partial charge in [0.15, 0.2) is 0 Å². The number of aryl methyl sites for hydroxylation is 1. The summed E-state index contributed by atoms with van der Waals surface area (Å²) >= 11 is 0. The lowest BCUT2D eigenvalue weighted by molar-refractivity contribution is 0.402. The van der Waals surface area contributed by atoms with E-state index >= 15 is 0 Å². The van der Waals surface area contributed by atoms with E-state index in [-0.39, 0.29) is 0 Å². The van der Waals surface area contributed by atoms with Crippen LogP contribution < -0.4 is 0 Å². The topological polar surface area (TPSA) is 16.1 Å². The van der Waals surface area contributed by atoms with Crippen LogP contribution in [-0.2, 0) is 6.54 Å². The molecule has 0 atom stereocenters. The van der Waals surface area contributed by atoms with Gasteiger partial charge in [0.2, 0.25) is 0 Å². The predicted molar refractivity (Wildman–Crippen MR) is 57.7 cm³/mol. The third-order valence-electron chi connectivity index (χ3n) is 1.46. The van der Waals surface area contributed by atoms with Gasteiger partial charge in [0.05, 0.1) is 0 Å². The summed E-state index contributed by atoms with van der Waals surface area (Å²) < 4.78 is 0. The van der Waals surface area contributed by atoms with Crippen LogP contribution in [0.2, 0.25) is 0 Å². The van der Waals surface area contributed by atoms with Gasteiger partial charge in [-0.1, -0.05) is 13.8 Å². The molecule has 1 heterocycles. The maximum atomic E-state index is 4.13. The SMILES string of the molecule is CC.Cc1cc(CN(C)C)ccn1. The van der Waals surface area contributed by atoms with Crippen molar-refractivity contribution in [3.8, 4) is 0 Å². The van der Waals surface area contributed by atoms with Gasteiger partial charge in [-0.05, 0) is 38.7 Å². The fraction of sp³-hybridized carbons (Fsp3) is 0.545. The Morgan fingerprint density at radius 1 is 1.31 bits per heavy atom. The summed E-state index contributed by atoms with van der Waals surface area (Å²) in [6, 6.07) is 4.16. The highest BCUT2D eigenvalue weighted by molar-refractivity contribution is 5.14. The van der Waals surface area contributed by atoms with Crippen LogP contribution in [0.15, 0.2) is 18.3 Å². The minimum atomic E-state index is 0.989. The molecule has 0 aliphatic rings. The van der Waals surface area contributed by atoms with Crippen molar-refractivity contribution in [3.63, 3.8) is 0 Å². The zero-order valence-electron chi connectivity index (χ0n) is 9.33. The molecule has 0 N–H and O–H groups in total. The van der Waals surface area contributed by atoms with Gasteiger partial charge in [-0.2, -0.15) is 0 Å². The predicted octanol–water partition coefficient (Wildman–Crippen LogP) is 2.48. The molecule has 0 bridgehead atoms. The van der Waals surface area contributed by atoms with E-state index in [1.807, 2.05) is 33.0 Å². The van der Waals surface area contributed by atoms with Crippen molar-refractivity contribution in [2.45, 2.75) is 27.3 Å². The average Bonchev–Trinajstić information content (AvgIpc) is 2.06. The van der Waals surface area contributed by atoms with Gasteiger partial charge in [-0.3, -0.25) is 4.98 Å². The lowest BCUT2D eigenvalue weighted by Gasteiger charge is -2.08. The number of hydrogen-bond donors (Lipinski definition) is 0. The maximum absolute atomic E-state index is 4.13. The monoisotopic (exact) mass is 180 g/mol. The van der Waals surface area contributed by atoms with Gasteiger partial charge in [0.25, 0.3) is 0 Å². The molecule has 0 amide bonds. The zero-order chi connectivity index (χ0) is 10.3. The zero-order valence-corrected chi connectivity index (χ0v) is 9.33. The largest absolute Gasteiger partial charge is 0.305 e. The Bertz CT molecular complexity index is 231. The van der Waals surface area contributed by atoms with Crippen LogP contribution in [0.3, 0.4) is 0 Å². The Labute approximate surface area is 81.6 Å². The molecule has 0 aliphatic heterocycles. The standard InChI is InChI=1S/C9H14N2.C2H6/c1-8-6-9(4-5-10-8)7-11(2)3;1-2/h4-6H,7H2,1-3H3;1-2H3. The van der Waals surface area contributed by atoms with E-state index in [0.29, 0.717) is 0 Å². The Morgan fingerprint density at radius 2 is 1.92 bits per heavy atom. The van der Waals surface area contributed by atoms with Gasteiger partial charge in [-0.15, -0.1) is 0 Å². The third-order valence-corrected chi connectivity index (χ3v) is 1.46. The molecule has 2 heteroatoms. The van der Waals surface area contributed by atoms with Crippen molar-refractivity contribution < 1.29 is 0 Å². The van der Waals surface area contributed by atoms with Gasteiger partial charge in [0, 0.05) is 18.4 Å². The van der Waals surface area contributed by atoms with Gasteiger partial charge in [0.1, 0.15) is 0 Å². The molecule has 2 nitrogen and oxygen atoms in total. The second kappa shape index (κ2) is 6.61. The lowest BCUT2D eigenvalue weighted by Crippen LogP contribution is -2.10. The number of hydrogen-bond acceptors (Lipinski definition) is 2. The first-order valence-electron chi connectivity index (χ1n) is 4.75. The first-order chi connectivity index (χ1) is 6.18. The second-order valence-corrected chi connectivity index (χ2v) is 3.04. The molecule has 0 unspecified atom stereocenters. The summed E-state index contributed by atoms with van der Waals surface area (Å²) in [7, 11) is 4.13. The third kappa shape index (κ3) is 5.36. The summed E-state index contributed by atoms with van der Waals surface area (Å²) in [4.78, 5) is 6.28. The summed E-state index contributed by atoms with van der Waals surface area (Å²) in [6.45, 7) is 7.00. The van der Waals surface area contributed by atoms with Crippen LogP contribution in [0, 0.1) is 6.92 Å². The number of aromatic nitrogens is 1. The van der Waals surface area contributed by atoms with Crippen molar-refractivity contribution in [1.29, 1.82) is 0 Å². The molecule has 0 radical (unpaired) electrons. The van der Waals surface area contributed by atoms with Crippen molar-refractivity contribution in [2.24, 2.45) is 0 Å². The molecule has 0 aliphatic carbocycles. The molecule has 1 rings (SSSR count).